The molecule has 0 fully saturated rings. The molecule has 1 heterocycles. The summed E-state index contributed by atoms with van der Waals surface area (Å²) in [6, 6.07) is 1.84. The molecule has 0 amide bonds. The summed E-state index contributed by atoms with van der Waals surface area (Å²) in [5, 5.41) is 4.78. The maximum absolute atomic E-state index is 5.35. The van der Waals surface area contributed by atoms with Gasteiger partial charge < -0.3 is 9.47 Å². The highest BCUT2D eigenvalue weighted by atomic mass is 32.1. The molecule has 13 heavy (non-hydrogen) atoms. The van der Waals surface area contributed by atoms with Crippen LogP contribution in [0, 0.1) is 0 Å². The zero-order valence-corrected chi connectivity index (χ0v) is 8.63. The highest BCUT2D eigenvalue weighted by Crippen LogP contribution is 2.09. The van der Waals surface area contributed by atoms with E-state index in [4.69, 9.17) is 9.47 Å². The Bertz CT molecular complexity index is 216. The minimum atomic E-state index is 0.0779. The summed E-state index contributed by atoms with van der Waals surface area (Å²) in [6.45, 7) is 3.04. The molecule has 0 radical (unpaired) electrons. The second-order valence-electron chi connectivity index (χ2n) is 2.62. The van der Waals surface area contributed by atoms with Crippen LogP contribution in [0.1, 0.15) is 6.92 Å². The molecule has 0 aromatic carbocycles. The van der Waals surface area contributed by atoms with E-state index in [0.717, 1.165) is 0 Å². The zero-order valence-electron chi connectivity index (χ0n) is 7.82. The minimum absolute atomic E-state index is 0.0779. The molecule has 0 saturated carbocycles. The second kappa shape index (κ2) is 5.90. The van der Waals surface area contributed by atoms with E-state index in [1.807, 2.05) is 25.4 Å². The summed E-state index contributed by atoms with van der Waals surface area (Å²) in [5.41, 5.74) is 0. The number of rotatable bonds is 6. The van der Waals surface area contributed by atoms with Crippen LogP contribution in [0.4, 0.5) is 0 Å². The van der Waals surface area contributed by atoms with Crippen LogP contribution in [0.15, 0.2) is 11.4 Å². The van der Waals surface area contributed by atoms with Crippen LogP contribution >= 0.6 is 11.5 Å². The van der Waals surface area contributed by atoms with Gasteiger partial charge in [0.1, 0.15) is 6.61 Å². The summed E-state index contributed by atoms with van der Waals surface area (Å²) in [5.74, 6) is 0.671. The fourth-order valence-electron chi connectivity index (χ4n) is 0.752. The monoisotopic (exact) mass is 202 g/mol. The molecule has 1 unspecified atom stereocenters. The quantitative estimate of drug-likeness (QED) is 0.702. The molecule has 74 valence electrons. The highest BCUT2D eigenvalue weighted by Gasteiger charge is 2.03. The van der Waals surface area contributed by atoms with E-state index in [0.29, 0.717) is 19.2 Å². The van der Waals surface area contributed by atoms with E-state index in [9.17, 15) is 0 Å². The predicted molar refractivity (Wildman–Crippen MR) is 52.1 cm³/mol. The van der Waals surface area contributed by atoms with Crippen molar-refractivity contribution < 1.29 is 9.47 Å². The zero-order chi connectivity index (χ0) is 9.52. The van der Waals surface area contributed by atoms with Gasteiger partial charge in [0.15, 0.2) is 0 Å². The summed E-state index contributed by atoms with van der Waals surface area (Å²) in [7, 11) is 1.84. The van der Waals surface area contributed by atoms with Crippen molar-refractivity contribution in [1.82, 2.24) is 9.69 Å². The molecule has 0 spiro atoms. The maximum atomic E-state index is 5.35. The van der Waals surface area contributed by atoms with Crippen molar-refractivity contribution in [2.75, 3.05) is 20.4 Å². The molecule has 4 nitrogen and oxygen atoms in total. The van der Waals surface area contributed by atoms with Crippen LogP contribution in [0.5, 0.6) is 5.88 Å². The molecule has 0 aliphatic carbocycles. The van der Waals surface area contributed by atoms with E-state index < -0.39 is 0 Å². The van der Waals surface area contributed by atoms with Crippen LogP contribution in [0.2, 0.25) is 0 Å². The van der Waals surface area contributed by atoms with E-state index in [2.05, 4.69) is 9.69 Å². The van der Waals surface area contributed by atoms with E-state index in [1.165, 1.54) is 11.5 Å². The van der Waals surface area contributed by atoms with Gasteiger partial charge in [0.25, 0.3) is 0 Å². The van der Waals surface area contributed by atoms with Gasteiger partial charge in [-0.25, -0.2) is 0 Å². The number of hydrogen-bond acceptors (Lipinski definition) is 5. The third kappa shape index (κ3) is 4.21. The molecule has 0 saturated heterocycles. The lowest BCUT2D eigenvalue weighted by molar-refractivity contribution is 0.0239. The van der Waals surface area contributed by atoms with Crippen molar-refractivity contribution in [3.63, 3.8) is 0 Å². The van der Waals surface area contributed by atoms with Crippen molar-refractivity contribution in [2.45, 2.75) is 13.0 Å². The maximum Gasteiger partial charge on any atom is 0.225 e. The normalized spacial score (nSPS) is 12.8. The first kappa shape index (κ1) is 10.4. The molecular formula is C8H14N2O2S. The van der Waals surface area contributed by atoms with Crippen molar-refractivity contribution in [3.8, 4) is 5.88 Å². The van der Waals surface area contributed by atoms with Crippen LogP contribution in [0.3, 0.4) is 0 Å². The number of ether oxygens (including phenoxy) is 2. The Morgan fingerprint density at radius 2 is 2.54 bits per heavy atom. The fraction of sp³-hybridized carbons (Fsp3) is 0.625. The van der Waals surface area contributed by atoms with Gasteiger partial charge >= 0.3 is 0 Å². The van der Waals surface area contributed by atoms with Gasteiger partial charge in [0.2, 0.25) is 5.88 Å². The molecule has 1 N–H and O–H groups in total. The number of nitrogens with one attached hydrogen (secondary N) is 1. The third-order valence-corrected chi connectivity index (χ3v) is 1.94. The van der Waals surface area contributed by atoms with Gasteiger partial charge in [-0.1, -0.05) is 0 Å². The lowest BCUT2D eigenvalue weighted by Crippen LogP contribution is -2.23. The number of hydrogen-bond donors (Lipinski definition) is 1. The van der Waals surface area contributed by atoms with Crippen molar-refractivity contribution in [1.29, 1.82) is 0 Å². The Kier molecular flexibility index (Phi) is 4.74. The first-order chi connectivity index (χ1) is 6.33. The molecule has 1 aromatic heterocycles. The van der Waals surface area contributed by atoms with Crippen LogP contribution < -0.4 is 10.1 Å². The number of nitrogens with zero attached hydrogens (tertiary/aromatic N) is 1. The summed E-state index contributed by atoms with van der Waals surface area (Å²) in [4.78, 5) is 0. The molecule has 0 aliphatic rings. The van der Waals surface area contributed by atoms with Gasteiger partial charge in [-0.05, 0) is 25.5 Å². The molecule has 0 bridgehead atoms. The molecule has 5 heteroatoms. The Hall–Kier alpha value is -0.650. The lowest BCUT2D eigenvalue weighted by Gasteiger charge is -2.12. The average molecular weight is 202 g/mol. The van der Waals surface area contributed by atoms with Gasteiger partial charge in [-0.3, -0.25) is 5.32 Å². The molecule has 1 atom stereocenters. The standard InChI is InChI=1S/C8H14N2O2S/c1-7(12-6-9-2)5-11-8-3-4-13-10-8/h3-4,7,9H,5-6H2,1-2H3. The lowest BCUT2D eigenvalue weighted by atomic mass is 10.4. The Labute approximate surface area is 82.0 Å². The predicted octanol–water partition coefficient (Wildman–Crippen LogP) is 1.10. The topological polar surface area (TPSA) is 43.4 Å². The smallest absolute Gasteiger partial charge is 0.225 e. The molecule has 1 rings (SSSR count). The van der Waals surface area contributed by atoms with Crippen molar-refractivity contribution in [2.24, 2.45) is 0 Å². The average Bonchev–Trinajstić information content (AvgIpc) is 2.64. The summed E-state index contributed by atoms with van der Waals surface area (Å²) in [6.07, 6.45) is 0.0779. The van der Waals surface area contributed by atoms with Gasteiger partial charge in [-0.2, -0.15) is 4.37 Å². The minimum Gasteiger partial charge on any atom is -0.474 e. The van der Waals surface area contributed by atoms with Crippen LogP contribution in [-0.2, 0) is 4.74 Å². The Morgan fingerprint density at radius 1 is 1.69 bits per heavy atom. The SMILES string of the molecule is CNCOC(C)COc1ccsn1. The molecule has 0 aliphatic heterocycles. The Balaban J connectivity index is 2.11. The number of aromatic nitrogens is 1. The summed E-state index contributed by atoms with van der Waals surface area (Å²) < 4.78 is 14.7. The molecule has 1 aromatic rings. The third-order valence-electron chi connectivity index (χ3n) is 1.39. The van der Waals surface area contributed by atoms with Crippen LogP contribution in [-0.4, -0.2) is 30.9 Å². The first-order valence-corrected chi connectivity index (χ1v) is 4.96. The Morgan fingerprint density at radius 3 is 3.15 bits per heavy atom. The first-order valence-electron chi connectivity index (χ1n) is 4.12. The van der Waals surface area contributed by atoms with Crippen molar-refractivity contribution >= 4 is 11.5 Å². The second-order valence-corrected chi connectivity index (χ2v) is 3.29. The van der Waals surface area contributed by atoms with E-state index in [1.54, 1.807) is 0 Å². The van der Waals surface area contributed by atoms with E-state index in [-0.39, 0.29) is 6.10 Å². The largest absolute Gasteiger partial charge is 0.474 e. The van der Waals surface area contributed by atoms with E-state index >= 15 is 0 Å². The van der Waals surface area contributed by atoms with Gasteiger partial charge in [0, 0.05) is 11.4 Å². The van der Waals surface area contributed by atoms with Gasteiger partial charge in [-0.15, -0.1) is 0 Å². The van der Waals surface area contributed by atoms with Crippen molar-refractivity contribution in [3.05, 3.63) is 11.4 Å². The van der Waals surface area contributed by atoms with Gasteiger partial charge in [0.05, 0.1) is 12.8 Å². The fourth-order valence-corrected chi connectivity index (χ4v) is 1.21. The molecular weight excluding hydrogens is 188 g/mol. The summed E-state index contributed by atoms with van der Waals surface area (Å²) >= 11 is 1.38. The van der Waals surface area contributed by atoms with Crippen LogP contribution in [0.25, 0.3) is 0 Å². The highest BCUT2D eigenvalue weighted by molar-refractivity contribution is 7.03.